The molecule has 0 unspecified atom stereocenters. The van der Waals surface area contributed by atoms with Gasteiger partial charge < -0.3 is 10.6 Å². The molecule has 0 bridgehead atoms. The van der Waals surface area contributed by atoms with Crippen LogP contribution in [0, 0.1) is 5.82 Å². The van der Waals surface area contributed by atoms with Crippen LogP contribution in [0.5, 0.6) is 0 Å². The van der Waals surface area contributed by atoms with Crippen LogP contribution in [0.1, 0.15) is 16.7 Å². The van der Waals surface area contributed by atoms with Crippen LogP contribution in [0.25, 0.3) is 0 Å². The van der Waals surface area contributed by atoms with E-state index in [1.165, 1.54) is 6.07 Å². The van der Waals surface area contributed by atoms with Gasteiger partial charge in [-0.1, -0.05) is 6.07 Å². The van der Waals surface area contributed by atoms with Crippen LogP contribution >= 0.6 is 0 Å². The molecule has 6 heteroatoms. The molecular weight excluding hydrogens is 284 g/mol. The van der Waals surface area contributed by atoms with Crippen LogP contribution in [0.4, 0.5) is 28.9 Å². The largest absolute Gasteiger partial charge is 0.416 e. The Balaban J connectivity index is 1.90. The SMILES string of the molecule is Nc1ccc2c(c1)CN(c1ccc(C(F)(F)F)cc1F)C2. The number of nitrogens with zero attached hydrogens (tertiary/aromatic N) is 1. The number of halogens is 4. The molecule has 0 aliphatic carbocycles. The predicted octanol–water partition coefficient (Wildman–Crippen LogP) is 3.95. The zero-order valence-electron chi connectivity index (χ0n) is 10.9. The molecule has 0 fully saturated rings. The Morgan fingerprint density at radius 1 is 0.952 bits per heavy atom. The van der Waals surface area contributed by atoms with Crippen LogP contribution in [-0.2, 0) is 19.3 Å². The number of fused-ring (bicyclic) bond motifs is 1. The van der Waals surface area contributed by atoms with Gasteiger partial charge in [-0.05, 0) is 41.5 Å². The minimum atomic E-state index is -4.54. The maximum absolute atomic E-state index is 14.0. The third-order valence-corrected chi connectivity index (χ3v) is 3.57. The number of hydrogen-bond acceptors (Lipinski definition) is 2. The van der Waals surface area contributed by atoms with Gasteiger partial charge in [0.25, 0.3) is 0 Å². The molecule has 3 rings (SSSR count). The van der Waals surface area contributed by atoms with Crippen molar-refractivity contribution in [3.8, 4) is 0 Å². The topological polar surface area (TPSA) is 29.3 Å². The summed E-state index contributed by atoms with van der Waals surface area (Å²) >= 11 is 0. The molecule has 2 nitrogen and oxygen atoms in total. The van der Waals surface area contributed by atoms with Crippen molar-refractivity contribution < 1.29 is 17.6 Å². The lowest BCUT2D eigenvalue weighted by Crippen LogP contribution is -2.17. The van der Waals surface area contributed by atoms with Crippen molar-refractivity contribution in [3.63, 3.8) is 0 Å². The highest BCUT2D eigenvalue weighted by atomic mass is 19.4. The fraction of sp³-hybridized carbons (Fsp3) is 0.200. The lowest BCUT2D eigenvalue weighted by atomic mass is 10.1. The minimum Gasteiger partial charge on any atom is -0.399 e. The van der Waals surface area contributed by atoms with Gasteiger partial charge in [0.1, 0.15) is 5.82 Å². The summed E-state index contributed by atoms with van der Waals surface area (Å²) in [5, 5.41) is 0. The monoisotopic (exact) mass is 296 g/mol. The molecule has 0 aromatic heterocycles. The predicted molar refractivity (Wildman–Crippen MR) is 72.1 cm³/mol. The summed E-state index contributed by atoms with van der Waals surface area (Å²) in [5.41, 5.74) is 7.46. The van der Waals surface area contributed by atoms with Crippen LogP contribution in [0.2, 0.25) is 0 Å². The molecule has 110 valence electrons. The van der Waals surface area contributed by atoms with E-state index in [1.54, 1.807) is 17.0 Å². The average Bonchev–Trinajstić information content (AvgIpc) is 2.80. The van der Waals surface area contributed by atoms with Crippen molar-refractivity contribution in [2.24, 2.45) is 0 Å². The Hall–Kier alpha value is -2.24. The summed E-state index contributed by atoms with van der Waals surface area (Å²) < 4.78 is 51.6. The molecule has 0 atom stereocenters. The van der Waals surface area contributed by atoms with Gasteiger partial charge in [-0.25, -0.2) is 4.39 Å². The molecule has 2 aromatic rings. The highest BCUT2D eigenvalue weighted by molar-refractivity contribution is 5.56. The smallest absolute Gasteiger partial charge is 0.399 e. The molecule has 0 saturated carbocycles. The van der Waals surface area contributed by atoms with Gasteiger partial charge in [-0.2, -0.15) is 13.2 Å². The van der Waals surface area contributed by atoms with Gasteiger partial charge in [-0.3, -0.25) is 0 Å². The highest BCUT2D eigenvalue weighted by Gasteiger charge is 2.32. The fourth-order valence-corrected chi connectivity index (χ4v) is 2.52. The summed E-state index contributed by atoms with van der Waals surface area (Å²) in [6, 6.07) is 8.02. The van der Waals surface area contributed by atoms with Gasteiger partial charge >= 0.3 is 6.18 Å². The van der Waals surface area contributed by atoms with E-state index in [1.807, 2.05) is 6.07 Å². The standard InChI is InChI=1S/C15H12F4N2/c16-13-6-11(15(17,18)19)2-4-14(13)21-7-9-1-3-12(20)5-10(9)8-21/h1-6H,7-8,20H2. The van der Waals surface area contributed by atoms with Crippen LogP contribution < -0.4 is 10.6 Å². The van der Waals surface area contributed by atoms with Crippen LogP contribution in [0.15, 0.2) is 36.4 Å². The number of rotatable bonds is 1. The number of benzene rings is 2. The summed E-state index contributed by atoms with van der Waals surface area (Å²) in [7, 11) is 0. The first-order chi connectivity index (χ1) is 9.84. The summed E-state index contributed by atoms with van der Waals surface area (Å²) in [6.07, 6.45) is -4.54. The Bertz CT molecular complexity index is 695. The first kappa shape index (κ1) is 13.7. The Morgan fingerprint density at radius 3 is 2.33 bits per heavy atom. The molecule has 1 heterocycles. The van der Waals surface area contributed by atoms with E-state index in [9.17, 15) is 17.6 Å². The first-order valence-electron chi connectivity index (χ1n) is 6.33. The molecule has 0 radical (unpaired) electrons. The molecular formula is C15H12F4N2. The van der Waals surface area contributed by atoms with Gasteiger partial charge in [0.2, 0.25) is 0 Å². The Labute approximate surface area is 118 Å². The van der Waals surface area contributed by atoms with Crippen molar-refractivity contribution in [1.29, 1.82) is 0 Å². The Morgan fingerprint density at radius 2 is 1.67 bits per heavy atom. The Kier molecular flexibility index (Phi) is 3.04. The average molecular weight is 296 g/mol. The fourth-order valence-electron chi connectivity index (χ4n) is 2.52. The lowest BCUT2D eigenvalue weighted by molar-refractivity contribution is -0.137. The lowest BCUT2D eigenvalue weighted by Gasteiger charge is -2.19. The summed E-state index contributed by atoms with van der Waals surface area (Å²) in [4.78, 5) is 1.69. The van der Waals surface area contributed by atoms with E-state index in [0.29, 0.717) is 24.8 Å². The summed E-state index contributed by atoms with van der Waals surface area (Å²) in [6.45, 7) is 0.889. The van der Waals surface area contributed by atoms with Crippen molar-refractivity contribution in [2.75, 3.05) is 10.6 Å². The van der Waals surface area contributed by atoms with Crippen molar-refractivity contribution in [1.82, 2.24) is 0 Å². The minimum absolute atomic E-state index is 0.165. The third kappa shape index (κ3) is 2.53. The van der Waals surface area contributed by atoms with E-state index in [-0.39, 0.29) is 5.69 Å². The van der Waals surface area contributed by atoms with Crippen LogP contribution in [0.3, 0.4) is 0 Å². The second-order valence-corrected chi connectivity index (χ2v) is 5.05. The number of nitrogen functional groups attached to an aromatic ring is 1. The molecule has 2 aromatic carbocycles. The van der Waals surface area contributed by atoms with Crippen LogP contribution in [-0.4, -0.2) is 0 Å². The maximum atomic E-state index is 14.0. The first-order valence-corrected chi connectivity index (χ1v) is 6.33. The van der Waals surface area contributed by atoms with Gasteiger partial charge in [0.15, 0.2) is 0 Å². The third-order valence-electron chi connectivity index (χ3n) is 3.57. The van der Waals surface area contributed by atoms with E-state index >= 15 is 0 Å². The van der Waals surface area contributed by atoms with Crippen molar-refractivity contribution >= 4 is 11.4 Å². The van der Waals surface area contributed by atoms with Crippen molar-refractivity contribution in [2.45, 2.75) is 19.3 Å². The molecule has 1 aliphatic heterocycles. The number of alkyl halides is 3. The van der Waals surface area contributed by atoms with E-state index < -0.39 is 17.6 Å². The molecule has 1 aliphatic rings. The molecule has 0 spiro atoms. The van der Waals surface area contributed by atoms with Gasteiger partial charge in [0.05, 0.1) is 11.3 Å². The number of nitrogens with two attached hydrogens (primary N) is 1. The second kappa shape index (κ2) is 4.65. The highest BCUT2D eigenvalue weighted by Crippen LogP contribution is 2.35. The van der Waals surface area contributed by atoms with E-state index in [4.69, 9.17) is 5.73 Å². The zero-order valence-corrected chi connectivity index (χ0v) is 10.9. The van der Waals surface area contributed by atoms with E-state index in [2.05, 4.69) is 0 Å². The van der Waals surface area contributed by atoms with E-state index in [0.717, 1.165) is 17.2 Å². The number of hydrogen-bond donors (Lipinski definition) is 1. The second-order valence-electron chi connectivity index (χ2n) is 5.05. The zero-order chi connectivity index (χ0) is 15.2. The maximum Gasteiger partial charge on any atom is 0.416 e. The summed E-state index contributed by atoms with van der Waals surface area (Å²) in [5.74, 6) is -0.870. The quantitative estimate of drug-likeness (QED) is 0.638. The van der Waals surface area contributed by atoms with Gasteiger partial charge in [-0.15, -0.1) is 0 Å². The molecule has 2 N–H and O–H groups in total. The van der Waals surface area contributed by atoms with Gasteiger partial charge in [0, 0.05) is 18.8 Å². The van der Waals surface area contributed by atoms with Crippen molar-refractivity contribution in [3.05, 3.63) is 58.9 Å². The molecule has 0 saturated heterocycles. The molecule has 21 heavy (non-hydrogen) atoms. The molecule has 0 amide bonds. The normalized spacial score (nSPS) is 14.4. The number of anilines is 2.